The van der Waals surface area contributed by atoms with Gasteiger partial charge in [0, 0.05) is 18.9 Å². The molecule has 2 aliphatic heterocycles. The van der Waals surface area contributed by atoms with Gasteiger partial charge in [0.25, 0.3) is 0 Å². The molecule has 0 saturated carbocycles. The van der Waals surface area contributed by atoms with E-state index in [4.69, 9.17) is 10.5 Å². The van der Waals surface area contributed by atoms with Gasteiger partial charge in [0.1, 0.15) is 12.5 Å². The van der Waals surface area contributed by atoms with Gasteiger partial charge in [-0.15, -0.1) is 0 Å². The Morgan fingerprint density at radius 2 is 2.38 bits per heavy atom. The molecule has 0 fully saturated rings. The van der Waals surface area contributed by atoms with Crippen LogP contribution in [0.15, 0.2) is 36.8 Å². The number of urea groups is 1. The standard InChI is InChI=1S/C8H9N3O2/c9-8(12)11-3-1-2-10-4-5-13-6-7(10)11/h1,3-6H,2H2,(H2,9,12). The van der Waals surface area contributed by atoms with Crippen molar-refractivity contribution in [3.05, 3.63) is 36.8 Å². The molecule has 0 spiro atoms. The molecule has 2 aliphatic rings. The zero-order valence-electron chi connectivity index (χ0n) is 6.88. The van der Waals surface area contributed by atoms with Gasteiger partial charge < -0.3 is 15.4 Å². The molecule has 0 aromatic rings. The Labute approximate surface area is 75.3 Å². The van der Waals surface area contributed by atoms with Gasteiger partial charge in [-0.1, -0.05) is 0 Å². The molecule has 13 heavy (non-hydrogen) atoms. The molecule has 0 saturated heterocycles. The van der Waals surface area contributed by atoms with E-state index in [1.165, 1.54) is 11.2 Å². The first-order valence-electron chi connectivity index (χ1n) is 3.83. The van der Waals surface area contributed by atoms with Crippen LogP contribution in [0, 0.1) is 0 Å². The summed E-state index contributed by atoms with van der Waals surface area (Å²) in [5.74, 6) is 0.637. The van der Waals surface area contributed by atoms with Crippen LogP contribution in [-0.2, 0) is 4.74 Å². The van der Waals surface area contributed by atoms with Crippen molar-refractivity contribution in [2.24, 2.45) is 5.73 Å². The lowest BCUT2D eigenvalue weighted by molar-refractivity contribution is 0.210. The van der Waals surface area contributed by atoms with E-state index >= 15 is 0 Å². The van der Waals surface area contributed by atoms with E-state index < -0.39 is 6.03 Å². The predicted molar refractivity (Wildman–Crippen MR) is 45.6 cm³/mol. The van der Waals surface area contributed by atoms with Crippen LogP contribution in [0.25, 0.3) is 0 Å². The Morgan fingerprint density at radius 1 is 1.54 bits per heavy atom. The summed E-state index contributed by atoms with van der Waals surface area (Å²) >= 11 is 0. The van der Waals surface area contributed by atoms with Gasteiger partial charge in [-0.3, -0.25) is 4.90 Å². The molecule has 0 atom stereocenters. The summed E-state index contributed by atoms with van der Waals surface area (Å²) in [7, 11) is 0. The first kappa shape index (κ1) is 7.72. The summed E-state index contributed by atoms with van der Waals surface area (Å²) in [6.07, 6.45) is 8.25. The van der Waals surface area contributed by atoms with Gasteiger partial charge in [0.2, 0.25) is 0 Å². The number of rotatable bonds is 0. The molecule has 0 radical (unpaired) electrons. The number of amides is 2. The van der Waals surface area contributed by atoms with E-state index in [1.807, 2.05) is 11.0 Å². The van der Waals surface area contributed by atoms with Crippen molar-refractivity contribution in [1.29, 1.82) is 0 Å². The fourth-order valence-corrected chi connectivity index (χ4v) is 1.23. The fraction of sp³-hybridized carbons (Fsp3) is 0.125. The van der Waals surface area contributed by atoms with Gasteiger partial charge >= 0.3 is 6.03 Å². The van der Waals surface area contributed by atoms with Crippen molar-refractivity contribution in [3.8, 4) is 0 Å². The number of carbonyl (C=O) groups is 1. The third-order valence-corrected chi connectivity index (χ3v) is 1.83. The zero-order chi connectivity index (χ0) is 9.26. The van der Waals surface area contributed by atoms with Crippen LogP contribution in [-0.4, -0.2) is 22.4 Å². The van der Waals surface area contributed by atoms with E-state index in [-0.39, 0.29) is 0 Å². The van der Waals surface area contributed by atoms with E-state index in [9.17, 15) is 4.79 Å². The van der Waals surface area contributed by atoms with E-state index in [0.717, 1.165) is 6.54 Å². The highest BCUT2D eigenvalue weighted by Crippen LogP contribution is 2.19. The number of primary amides is 1. The highest BCUT2D eigenvalue weighted by atomic mass is 16.5. The molecular weight excluding hydrogens is 170 g/mol. The number of carbonyl (C=O) groups excluding carboxylic acids is 1. The maximum Gasteiger partial charge on any atom is 0.324 e. The second kappa shape index (κ2) is 2.85. The number of hydrogen-bond acceptors (Lipinski definition) is 3. The van der Waals surface area contributed by atoms with Crippen molar-refractivity contribution >= 4 is 6.03 Å². The minimum atomic E-state index is -0.522. The molecule has 0 aromatic heterocycles. The summed E-state index contributed by atoms with van der Waals surface area (Å²) in [6, 6.07) is -0.522. The molecule has 68 valence electrons. The summed E-state index contributed by atoms with van der Waals surface area (Å²) in [5.41, 5.74) is 5.16. The molecule has 0 aromatic carbocycles. The molecular formula is C8H9N3O2. The fourth-order valence-electron chi connectivity index (χ4n) is 1.23. The Balaban J connectivity index is 2.30. The first-order valence-corrected chi connectivity index (χ1v) is 3.83. The van der Waals surface area contributed by atoms with Crippen molar-refractivity contribution in [2.75, 3.05) is 6.54 Å². The molecule has 0 bridgehead atoms. The minimum absolute atomic E-state index is 0.522. The second-order valence-electron chi connectivity index (χ2n) is 2.64. The number of hydrogen-bond donors (Lipinski definition) is 1. The van der Waals surface area contributed by atoms with Crippen LogP contribution in [0.1, 0.15) is 0 Å². The normalized spacial score (nSPS) is 19.2. The minimum Gasteiger partial charge on any atom is -0.467 e. The summed E-state index contributed by atoms with van der Waals surface area (Å²) < 4.78 is 4.95. The zero-order valence-corrected chi connectivity index (χ0v) is 6.88. The molecule has 2 amide bonds. The maximum absolute atomic E-state index is 11.0. The van der Waals surface area contributed by atoms with Crippen molar-refractivity contribution in [2.45, 2.75) is 0 Å². The summed E-state index contributed by atoms with van der Waals surface area (Å²) in [6.45, 7) is 0.718. The second-order valence-corrected chi connectivity index (χ2v) is 2.64. The van der Waals surface area contributed by atoms with Crippen LogP contribution in [0.2, 0.25) is 0 Å². The summed E-state index contributed by atoms with van der Waals surface area (Å²) in [4.78, 5) is 14.1. The summed E-state index contributed by atoms with van der Waals surface area (Å²) in [5, 5.41) is 0. The lowest BCUT2D eigenvalue weighted by Gasteiger charge is -2.32. The number of ether oxygens (including phenoxy) is 1. The maximum atomic E-state index is 11.0. The lowest BCUT2D eigenvalue weighted by Crippen LogP contribution is -2.40. The van der Waals surface area contributed by atoms with E-state index in [2.05, 4.69) is 0 Å². The predicted octanol–water partition coefficient (Wildman–Crippen LogP) is 0.497. The Bertz CT molecular complexity index is 319. The van der Waals surface area contributed by atoms with Gasteiger partial charge in [-0.2, -0.15) is 0 Å². The molecule has 2 heterocycles. The third kappa shape index (κ3) is 1.24. The number of nitrogens with zero attached hydrogens (tertiary/aromatic N) is 2. The Kier molecular flexibility index (Phi) is 1.70. The average Bonchev–Trinajstić information content (AvgIpc) is 2.17. The van der Waals surface area contributed by atoms with Crippen molar-refractivity contribution in [1.82, 2.24) is 9.80 Å². The van der Waals surface area contributed by atoms with Crippen LogP contribution in [0.3, 0.4) is 0 Å². The SMILES string of the molecule is NC(=O)N1C=CCN2C=COC=C21. The van der Waals surface area contributed by atoms with Crippen molar-refractivity contribution < 1.29 is 9.53 Å². The first-order chi connectivity index (χ1) is 6.29. The molecule has 5 nitrogen and oxygen atoms in total. The van der Waals surface area contributed by atoms with E-state index in [0.29, 0.717) is 5.82 Å². The smallest absolute Gasteiger partial charge is 0.324 e. The molecule has 5 heteroatoms. The van der Waals surface area contributed by atoms with Gasteiger partial charge in [0.15, 0.2) is 5.82 Å². The quantitative estimate of drug-likeness (QED) is 0.589. The van der Waals surface area contributed by atoms with Crippen LogP contribution >= 0.6 is 0 Å². The van der Waals surface area contributed by atoms with Crippen LogP contribution in [0.5, 0.6) is 0 Å². The largest absolute Gasteiger partial charge is 0.467 e. The molecule has 2 N–H and O–H groups in total. The molecule has 0 unspecified atom stereocenters. The van der Waals surface area contributed by atoms with Crippen molar-refractivity contribution in [3.63, 3.8) is 0 Å². The topological polar surface area (TPSA) is 58.8 Å². The van der Waals surface area contributed by atoms with Gasteiger partial charge in [-0.25, -0.2) is 4.79 Å². The molecule has 0 aliphatic carbocycles. The van der Waals surface area contributed by atoms with E-state index in [1.54, 1.807) is 18.7 Å². The molecule has 2 rings (SSSR count). The Hall–Kier alpha value is -1.91. The highest BCUT2D eigenvalue weighted by molar-refractivity contribution is 5.75. The number of fused-ring (bicyclic) bond motifs is 1. The lowest BCUT2D eigenvalue weighted by atomic mass is 10.4. The monoisotopic (exact) mass is 179 g/mol. The van der Waals surface area contributed by atoms with Crippen LogP contribution < -0.4 is 5.73 Å². The van der Waals surface area contributed by atoms with Gasteiger partial charge in [0.05, 0.1) is 0 Å². The van der Waals surface area contributed by atoms with Gasteiger partial charge in [-0.05, 0) is 6.08 Å². The third-order valence-electron chi connectivity index (χ3n) is 1.83. The van der Waals surface area contributed by atoms with Crippen LogP contribution in [0.4, 0.5) is 4.79 Å². The highest BCUT2D eigenvalue weighted by Gasteiger charge is 2.22. The average molecular weight is 179 g/mol. The number of nitrogens with two attached hydrogens (primary N) is 1. The Morgan fingerprint density at radius 3 is 3.15 bits per heavy atom.